The zero-order chi connectivity index (χ0) is 19.4. The van der Waals surface area contributed by atoms with Crippen LogP contribution >= 0.6 is 0 Å². The summed E-state index contributed by atoms with van der Waals surface area (Å²) < 4.78 is 1.90. The molecule has 0 saturated carbocycles. The van der Waals surface area contributed by atoms with Crippen molar-refractivity contribution in [1.82, 2.24) is 25.0 Å². The van der Waals surface area contributed by atoms with E-state index in [-0.39, 0.29) is 17.9 Å². The Morgan fingerprint density at radius 1 is 1.26 bits per heavy atom. The number of nitrogens with one attached hydrogen (secondary N) is 1. The van der Waals surface area contributed by atoms with Crippen LogP contribution in [-0.4, -0.2) is 38.7 Å². The standard InChI is InChI=1S/C21H31N5O/c1-5-19(20-15(2)24-25(4)16(20)3)23-21(27)18-8-12-26(13-9-18)14-17-6-10-22-11-7-17/h6-7,10-11,18-19H,5,8-9,12-14H2,1-4H3,(H,23,27). The smallest absolute Gasteiger partial charge is 0.223 e. The Bertz CT molecular complexity index is 762. The largest absolute Gasteiger partial charge is 0.349 e. The summed E-state index contributed by atoms with van der Waals surface area (Å²) in [5, 5.41) is 7.80. The van der Waals surface area contributed by atoms with Crippen LogP contribution in [0.3, 0.4) is 0 Å². The van der Waals surface area contributed by atoms with Crippen molar-refractivity contribution in [2.75, 3.05) is 13.1 Å². The number of likely N-dealkylation sites (tertiary alicyclic amines) is 1. The van der Waals surface area contributed by atoms with Crippen molar-refractivity contribution >= 4 is 5.91 Å². The van der Waals surface area contributed by atoms with Gasteiger partial charge in [-0.1, -0.05) is 6.92 Å². The van der Waals surface area contributed by atoms with Crippen molar-refractivity contribution in [3.63, 3.8) is 0 Å². The first-order chi connectivity index (χ1) is 13.0. The Balaban J connectivity index is 1.55. The van der Waals surface area contributed by atoms with Gasteiger partial charge in [-0.25, -0.2) is 0 Å². The summed E-state index contributed by atoms with van der Waals surface area (Å²) in [5.41, 5.74) is 4.59. The van der Waals surface area contributed by atoms with Gasteiger partial charge in [0.05, 0.1) is 11.7 Å². The molecule has 1 aliphatic rings. The minimum Gasteiger partial charge on any atom is -0.349 e. The molecule has 0 aliphatic carbocycles. The maximum atomic E-state index is 12.9. The zero-order valence-corrected chi connectivity index (χ0v) is 16.9. The molecular weight excluding hydrogens is 338 g/mol. The van der Waals surface area contributed by atoms with E-state index < -0.39 is 0 Å². The van der Waals surface area contributed by atoms with Crippen LogP contribution in [0.5, 0.6) is 0 Å². The number of aryl methyl sites for hydroxylation is 2. The van der Waals surface area contributed by atoms with Gasteiger partial charge >= 0.3 is 0 Å². The van der Waals surface area contributed by atoms with Crippen LogP contribution < -0.4 is 5.32 Å². The van der Waals surface area contributed by atoms with Crippen molar-refractivity contribution < 1.29 is 4.79 Å². The molecule has 27 heavy (non-hydrogen) atoms. The Morgan fingerprint density at radius 2 is 1.93 bits per heavy atom. The van der Waals surface area contributed by atoms with Crippen molar-refractivity contribution in [3.8, 4) is 0 Å². The van der Waals surface area contributed by atoms with E-state index in [1.54, 1.807) is 0 Å². The monoisotopic (exact) mass is 369 g/mol. The third-order valence-electron chi connectivity index (χ3n) is 5.75. The number of aromatic nitrogens is 3. The van der Waals surface area contributed by atoms with Gasteiger partial charge in [0.1, 0.15) is 0 Å². The molecule has 3 heterocycles. The van der Waals surface area contributed by atoms with Crippen molar-refractivity contribution in [3.05, 3.63) is 47.0 Å². The van der Waals surface area contributed by atoms with E-state index in [1.165, 1.54) is 11.1 Å². The van der Waals surface area contributed by atoms with E-state index in [0.717, 1.165) is 50.3 Å². The average Bonchev–Trinajstić information content (AvgIpc) is 2.93. The molecule has 1 amide bonds. The number of carbonyl (C=O) groups is 1. The first-order valence-electron chi connectivity index (χ1n) is 9.91. The molecule has 3 rings (SSSR count). The molecule has 2 aromatic heterocycles. The van der Waals surface area contributed by atoms with Crippen LogP contribution in [0.2, 0.25) is 0 Å². The lowest BCUT2D eigenvalue weighted by molar-refractivity contribution is -0.127. The predicted octanol–water partition coefficient (Wildman–Crippen LogP) is 2.91. The van der Waals surface area contributed by atoms with E-state index in [2.05, 4.69) is 46.3 Å². The van der Waals surface area contributed by atoms with Crippen LogP contribution in [0.1, 0.15) is 54.7 Å². The molecule has 2 aromatic rings. The summed E-state index contributed by atoms with van der Waals surface area (Å²) in [5.74, 6) is 0.290. The number of hydrogen-bond donors (Lipinski definition) is 1. The number of nitrogens with zero attached hydrogens (tertiary/aromatic N) is 4. The molecule has 6 heteroatoms. The van der Waals surface area contributed by atoms with Crippen molar-refractivity contribution in [1.29, 1.82) is 0 Å². The van der Waals surface area contributed by atoms with Gasteiger partial charge in [-0.15, -0.1) is 0 Å². The fourth-order valence-electron chi connectivity index (χ4n) is 4.06. The predicted molar refractivity (Wildman–Crippen MR) is 106 cm³/mol. The minimum atomic E-state index is 0.0426. The van der Waals surface area contributed by atoms with E-state index in [9.17, 15) is 4.79 Å². The molecule has 0 aromatic carbocycles. The van der Waals surface area contributed by atoms with Crippen molar-refractivity contribution in [2.24, 2.45) is 13.0 Å². The van der Waals surface area contributed by atoms with Gasteiger partial charge in [0, 0.05) is 43.2 Å². The Kier molecular flexibility index (Phi) is 6.26. The highest BCUT2D eigenvalue weighted by atomic mass is 16.1. The molecule has 1 unspecified atom stereocenters. The molecule has 0 bridgehead atoms. The number of pyridine rings is 1. The maximum absolute atomic E-state index is 12.9. The second-order valence-electron chi connectivity index (χ2n) is 7.58. The first kappa shape index (κ1) is 19.5. The molecule has 146 valence electrons. The number of amides is 1. The van der Waals surface area contributed by atoms with E-state index in [4.69, 9.17) is 0 Å². The van der Waals surface area contributed by atoms with E-state index in [0.29, 0.717) is 0 Å². The molecule has 6 nitrogen and oxygen atoms in total. The van der Waals surface area contributed by atoms with Gasteiger partial charge in [-0.2, -0.15) is 5.10 Å². The topological polar surface area (TPSA) is 63.1 Å². The zero-order valence-electron chi connectivity index (χ0n) is 16.9. The maximum Gasteiger partial charge on any atom is 0.223 e. The Labute approximate surface area is 162 Å². The van der Waals surface area contributed by atoms with Gasteiger partial charge in [-0.05, 0) is 63.9 Å². The molecule has 1 fully saturated rings. The SMILES string of the molecule is CCC(NC(=O)C1CCN(Cc2ccncc2)CC1)c1c(C)nn(C)c1C. The molecule has 0 spiro atoms. The Morgan fingerprint density at radius 3 is 2.48 bits per heavy atom. The lowest BCUT2D eigenvalue weighted by Gasteiger charge is -2.32. The highest BCUT2D eigenvalue weighted by molar-refractivity contribution is 5.79. The molecule has 0 radical (unpaired) electrons. The summed E-state index contributed by atoms with van der Waals surface area (Å²) >= 11 is 0. The van der Waals surface area contributed by atoms with Crippen LogP contribution in [-0.2, 0) is 18.4 Å². The van der Waals surface area contributed by atoms with E-state index >= 15 is 0 Å². The lowest BCUT2D eigenvalue weighted by Crippen LogP contribution is -2.41. The van der Waals surface area contributed by atoms with Crippen LogP contribution in [0.4, 0.5) is 0 Å². The molecular formula is C21H31N5O. The quantitative estimate of drug-likeness (QED) is 0.850. The molecule has 1 saturated heterocycles. The summed E-state index contributed by atoms with van der Waals surface area (Å²) in [7, 11) is 1.96. The lowest BCUT2D eigenvalue weighted by atomic mass is 9.94. The number of carbonyl (C=O) groups excluding carboxylic acids is 1. The average molecular weight is 370 g/mol. The second kappa shape index (κ2) is 8.65. The highest BCUT2D eigenvalue weighted by Gasteiger charge is 2.28. The minimum absolute atomic E-state index is 0.0426. The van der Waals surface area contributed by atoms with Crippen LogP contribution in [0.15, 0.2) is 24.5 Å². The van der Waals surface area contributed by atoms with Crippen LogP contribution in [0, 0.1) is 19.8 Å². The highest BCUT2D eigenvalue weighted by Crippen LogP contribution is 2.26. The second-order valence-corrected chi connectivity index (χ2v) is 7.58. The van der Waals surface area contributed by atoms with Gasteiger partial charge < -0.3 is 5.32 Å². The third kappa shape index (κ3) is 4.56. The Hall–Kier alpha value is -2.21. The summed E-state index contributed by atoms with van der Waals surface area (Å²) in [4.78, 5) is 19.4. The number of rotatable bonds is 6. The summed E-state index contributed by atoms with van der Waals surface area (Å²) in [6.07, 6.45) is 6.38. The fraction of sp³-hybridized carbons (Fsp3) is 0.571. The van der Waals surface area contributed by atoms with Crippen molar-refractivity contribution in [2.45, 2.75) is 52.6 Å². The molecule has 1 N–H and O–H groups in total. The first-order valence-corrected chi connectivity index (χ1v) is 9.91. The number of piperidine rings is 1. The van der Waals surface area contributed by atoms with Gasteiger partial charge in [-0.3, -0.25) is 19.4 Å². The summed E-state index contributed by atoms with van der Waals surface area (Å²) in [6, 6.07) is 4.16. The molecule has 1 atom stereocenters. The van der Waals surface area contributed by atoms with Crippen LogP contribution in [0.25, 0.3) is 0 Å². The van der Waals surface area contributed by atoms with Gasteiger partial charge in [0.15, 0.2) is 0 Å². The normalized spacial score (nSPS) is 17.0. The number of hydrogen-bond acceptors (Lipinski definition) is 4. The van der Waals surface area contributed by atoms with E-state index in [1.807, 2.05) is 31.0 Å². The summed E-state index contributed by atoms with van der Waals surface area (Å²) in [6.45, 7) is 9.07. The third-order valence-corrected chi connectivity index (χ3v) is 5.75. The fourth-order valence-corrected chi connectivity index (χ4v) is 4.06. The van der Waals surface area contributed by atoms with Gasteiger partial charge in [0.25, 0.3) is 0 Å². The molecule has 1 aliphatic heterocycles. The van der Waals surface area contributed by atoms with Gasteiger partial charge in [0.2, 0.25) is 5.91 Å².